The van der Waals surface area contributed by atoms with Gasteiger partial charge in [0, 0.05) is 36.3 Å². The molecule has 36 heavy (non-hydrogen) atoms. The van der Waals surface area contributed by atoms with Gasteiger partial charge >= 0.3 is 6.43 Å². The highest BCUT2D eigenvalue weighted by Gasteiger charge is 2.39. The fourth-order valence-electron chi connectivity index (χ4n) is 4.27. The highest BCUT2D eigenvalue weighted by molar-refractivity contribution is 7.89. The largest absolute Gasteiger partial charge is 0.415 e. The first-order valence-corrected chi connectivity index (χ1v) is 12.2. The number of sulfonamides is 1. The van der Waals surface area contributed by atoms with Gasteiger partial charge in [0.05, 0.1) is 19.3 Å². The number of alkyl halides is 2. The van der Waals surface area contributed by atoms with E-state index in [0.717, 1.165) is 22.5 Å². The average Bonchev–Trinajstić information content (AvgIpc) is 3.46. The molecule has 14 heteroatoms. The molecule has 1 amide bonds. The Hall–Kier alpha value is -3.36. The van der Waals surface area contributed by atoms with Crippen molar-refractivity contribution in [3.05, 3.63) is 65.1 Å². The Morgan fingerprint density at radius 2 is 1.89 bits per heavy atom. The normalized spacial score (nSPS) is 18.8. The van der Waals surface area contributed by atoms with Crippen molar-refractivity contribution in [3.8, 4) is 11.5 Å². The van der Waals surface area contributed by atoms with Crippen LogP contribution in [0.4, 0.5) is 17.6 Å². The van der Waals surface area contributed by atoms with Crippen LogP contribution in [0.25, 0.3) is 11.5 Å². The molecule has 0 unspecified atom stereocenters. The molecule has 0 aliphatic carbocycles. The number of hydrogen-bond acceptors (Lipinski definition) is 7. The number of nitrogens with zero attached hydrogens (tertiary/aromatic N) is 4. The predicted octanol–water partition coefficient (Wildman–Crippen LogP) is 3.00. The van der Waals surface area contributed by atoms with Crippen LogP contribution in [0.15, 0.2) is 45.7 Å². The summed E-state index contributed by atoms with van der Waals surface area (Å²) in [6.07, 6.45) is -3.01. The summed E-state index contributed by atoms with van der Waals surface area (Å²) in [6.45, 7) is -0.331. The van der Waals surface area contributed by atoms with Gasteiger partial charge in [0.1, 0.15) is 16.5 Å². The van der Waals surface area contributed by atoms with Crippen LogP contribution in [0, 0.1) is 11.6 Å². The van der Waals surface area contributed by atoms with E-state index in [0.29, 0.717) is 0 Å². The molecule has 2 aliphatic heterocycles. The molecule has 1 saturated heterocycles. The third-order valence-corrected chi connectivity index (χ3v) is 7.95. The van der Waals surface area contributed by atoms with Crippen molar-refractivity contribution >= 4 is 15.9 Å². The third kappa shape index (κ3) is 4.24. The van der Waals surface area contributed by atoms with Gasteiger partial charge in [-0.1, -0.05) is 12.1 Å². The number of aromatic nitrogens is 2. The van der Waals surface area contributed by atoms with Crippen molar-refractivity contribution in [1.82, 2.24) is 19.4 Å². The average molecular weight is 526 g/mol. The third-order valence-electron chi connectivity index (χ3n) is 5.96. The Labute approximate surface area is 202 Å². The zero-order valence-corrected chi connectivity index (χ0v) is 19.2. The second-order valence-corrected chi connectivity index (χ2v) is 10.0. The molecule has 5 rings (SSSR count). The molecule has 1 fully saturated rings. The van der Waals surface area contributed by atoms with Gasteiger partial charge in [-0.15, -0.1) is 10.2 Å². The van der Waals surface area contributed by atoms with Crippen LogP contribution in [0.5, 0.6) is 0 Å². The molecule has 190 valence electrons. The Balaban J connectivity index is 1.40. The number of halogens is 4. The molecule has 2 aromatic carbocycles. The summed E-state index contributed by atoms with van der Waals surface area (Å²) in [5.74, 6) is -3.61. The second kappa shape index (κ2) is 9.26. The van der Waals surface area contributed by atoms with E-state index < -0.39 is 50.8 Å². The van der Waals surface area contributed by atoms with Crippen molar-refractivity contribution in [2.75, 3.05) is 26.3 Å². The zero-order valence-electron chi connectivity index (χ0n) is 18.4. The summed E-state index contributed by atoms with van der Waals surface area (Å²) < 4.78 is 92.4. The van der Waals surface area contributed by atoms with E-state index in [2.05, 4.69) is 10.2 Å². The Bertz CT molecular complexity index is 1430. The van der Waals surface area contributed by atoms with Crippen molar-refractivity contribution in [1.29, 1.82) is 0 Å². The maximum Gasteiger partial charge on any atom is 0.314 e. The van der Waals surface area contributed by atoms with Crippen molar-refractivity contribution in [2.24, 2.45) is 0 Å². The zero-order chi connectivity index (χ0) is 25.6. The lowest BCUT2D eigenvalue weighted by Gasteiger charge is -2.36. The van der Waals surface area contributed by atoms with Crippen LogP contribution in [0.2, 0.25) is 0 Å². The fraction of sp³-hybridized carbons (Fsp3) is 0.318. The highest BCUT2D eigenvalue weighted by Crippen LogP contribution is 2.32. The van der Waals surface area contributed by atoms with Crippen LogP contribution in [-0.4, -0.2) is 66.1 Å². The molecule has 0 N–H and O–H groups in total. The van der Waals surface area contributed by atoms with E-state index in [1.165, 1.54) is 23.1 Å². The van der Waals surface area contributed by atoms with Gasteiger partial charge in [0.2, 0.25) is 15.9 Å². The SMILES string of the molecule is O=C1c2cc(-c3nnc(C(F)F)o3)cc(F)c2CN1C[C@H]1COCCN1S(=O)(=O)c1ccccc1F. The highest BCUT2D eigenvalue weighted by atomic mass is 32.2. The minimum Gasteiger partial charge on any atom is -0.415 e. The number of fused-ring (bicyclic) bond motifs is 1. The minimum atomic E-state index is -4.25. The van der Waals surface area contributed by atoms with Gasteiger partial charge in [-0.05, 0) is 24.3 Å². The Morgan fingerprint density at radius 1 is 1.11 bits per heavy atom. The number of carbonyl (C=O) groups excluding carboxylic acids is 1. The second-order valence-electron chi connectivity index (χ2n) is 8.19. The fourth-order valence-corrected chi connectivity index (χ4v) is 5.92. The summed E-state index contributed by atoms with van der Waals surface area (Å²) in [4.78, 5) is 13.9. The molecule has 0 radical (unpaired) electrons. The number of morpholine rings is 1. The number of benzene rings is 2. The van der Waals surface area contributed by atoms with Crippen LogP contribution < -0.4 is 0 Å². The molecule has 1 atom stereocenters. The Morgan fingerprint density at radius 3 is 2.61 bits per heavy atom. The van der Waals surface area contributed by atoms with E-state index in [1.54, 1.807) is 0 Å². The van der Waals surface area contributed by atoms with Gasteiger partial charge in [-0.2, -0.15) is 13.1 Å². The van der Waals surface area contributed by atoms with E-state index in [1.807, 2.05) is 0 Å². The summed E-state index contributed by atoms with van der Waals surface area (Å²) in [5, 5.41) is 6.68. The first kappa shape index (κ1) is 24.3. The standard InChI is InChI=1S/C22H18F4N4O5S/c23-16-3-1-2-4-18(16)36(32,33)30-5-6-34-11-13(30)9-29-10-15-14(22(29)31)7-12(8-17(15)24)20-27-28-21(35-20)19(25)26/h1-4,7-8,13,19H,5-6,9-11H2/t13-/m0/s1. The first-order chi connectivity index (χ1) is 17.2. The molecule has 0 saturated carbocycles. The summed E-state index contributed by atoms with van der Waals surface area (Å²) in [5.41, 5.74) is -0.0368. The van der Waals surface area contributed by atoms with Crippen LogP contribution in [0.1, 0.15) is 28.2 Å². The molecular weight excluding hydrogens is 508 g/mol. The lowest BCUT2D eigenvalue weighted by atomic mass is 10.1. The molecule has 1 aromatic heterocycles. The van der Waals surface area contributed by atoms with Crippen LogP contribution in [0.3, 0.4) is 0 Å². The van der Waals surface area contributed by atoms with Crippen LogP contribution >= 0.6 is 0 Å². The van der Waals surface area contributed by atoms with E-state index in [9.17, 15) is 30.8 Å². The topological polar surface area (TPSA) is 106 Å². The number of ether oxygens (including phenoxy) is 1. The number of carbonyl (C=O) groups is 1. The number of hydrogen-bond donors (Lipinski definition) is 0. The molecule has 2 aliphatic rings. The molecule has 0 spiro atoms. The number of rotatable bonds is 6. The van der Waals surface area contributed by atoms with Crippen molar-refractivity contribution in [3.63, 3.8) is 0 Å². The predicted molar refractivity (Wildman–Crippen MR) is 114 cm³/mol. The summed E-state index contributed by atoms with van der Waals surface area (Å²) in [7, 11) is -4.25. The van der Waals surface area contributed by atoms with E-state index in [-0.39, 0.29) is 55.4 Å². The molecule has 3 heterocycles. The lowest BCUT2D eigenvalue weighted by molar-refractivity contribution is 0.0183. The van der Waals surface area contributed by atoms with Gasteiger partial charge < -0.3 is 14.1 Å². The van der Waals surface area contributed by atoms with E-state index >= 15 is 0 Å². The summed E-state index contributed by atoms with van der Waals surface area (Å²) >= 11 is 0. The lowest BCUT2D eigenvalue weighted by Crippen LogP contribution is -2.53. The van der Waals surface area contributed by atoms with Gasteiger partial charge in [-0.25, -0.2) is 17.2 Å². The monoisotopic (exact) mass is 526 g/mol. The van der Waals surface area contributed by atoms with Gasteiger partial charge in [-0.3, -0.25) is 4.79 Å². The molecule has 9 nitrogen and oxygen atoms in total. The molecular formula is C22H18F4N4O5S. The van der Waals surface area contributed by atoms with Gasteiger partial charge in [0.15, 0.2) is 0 Å². The van der Waals surface area contributed by atoms with Crippen LogP contribution in [-0.2, 0) is 21.3 Å². The Kier molecular flexibility index (Phi) is 6.26. The van der Waals surface area contributed by atoms with Crippen molar-refractivity contribution in [2.45, 2.75) is 23.9 Å². The quantitative estimate of drug-likeness (QED) is 0.455. The number of amides is 1. The summed E-state index contributed by atoms with van der Waals surface area (Å²) in [6, 6.07) is 6.37. The first-order valence-electron chi connectivity index (χ1n) is 10.7. The molecule has 0 bridgehead atoms. The van der Waals surface area contributed by atoms with Gasteiger partial charge in [0.25, 0.3) is 11.8 Å². The maximum atomic E-state index is 14.9. The van der Waals surface area contributed by atoms with E-state index in [4.69, 9.17) is 9.15 Å². The van der Waals surface area contributed by atoms with Crippen molar-refractivity contribution < 1.29 is 39.9 Å². The maximum absolute atomic E-state index is 14.9. The molecule has 3 aromatic rings. The smallest absolute Gasteiger partial charge is 0.314 e. The minimum absolute atomic E-state index is 0.0398.